The molecule has 0 unspecified atom stereocenters. The summed E-state index contributed by atoms with van der Waals surface area (Å²) in [5.41, 5.74) is 2.35. The van der Waals surface area contributed by atoms with Gasteiger partial charge in [0.1, 0.15) is 0 Å². The Balaban J connectivity index is 1.79. The van der Waals surface area contributed by atoms with Crippen molar-refractivity contribution >= 4 is 23.2 Å². The molecule has 198 valence electrons. The van der Waals surface area contributed by atoms with Crippen molar-refractivity contribution in [1.29, 1.82) is 0 Å². The molecule has 0 aliphatic carbocycles. The molecule has 0 radical (unpaired) electrons. The van der Waals surface area contributed by atoms with Crippen LogP contribution < -0.4 is 10.6 Å². The molecule has 0 spiro atoms. The van der Waals surface area contributed by atoms with E-state index >= 15 is 0 Å². The maximum atomic E-state index is 13.3. The Bertz CT molecular complexity index is 986. The number of anilines is 2. The number of nitrogens with one attached hydrogen (secondary N) is 2. The van der Waals surface area contributed by atoms with Crippen LogP contribution in [0, 0.1) is 10.8 Å². The van der Waals surface area contributed by atoms with Crippen LogP contribution in [0.3, 0.4) is 0 Å². The lowest BCUT2D eigenvalue weighted by molar-refractivity contribution is -0.115. The second-order valence-corrected chi connectivity index (χ2v) is 13.6. The van der Waals surface area contributed by atoms with Gasteiger partial charge in [-0.2, -0.15) is 0 Å². The molecule has 1 aromatic carbocycles. The highest BCUT2D eigenvalue weighted by molar-refractivity contribution is 6.06. The standard InChI is InChI=1S/C30H46N4O2/c1-27(2,3)33-16-14-29(7,8)23(19-33)25(35)31-21-12-11-13-22(18-21)32-26(36)24-20-34(28(4,5)6)17-15-30(24,9)10/h11-13,18-20H,14-17H2,1-10H3,(H,31,35)(H,32,36). The van der Waals surface area contributed by atoms with E-state index in [9.17, 15) is 9.59 Å². The van der Waals surface area contributed by atoms with E-state index < -0.39 is 0 Å². The summed E-state index contributed by atoms with van der Waals surface area (Å²) in [6.07, 6.45) is 5.86. The predicted octanol–water partition coefficient (Wildman–Crippen LogP) is 6.39. The molecule has 2 amide bonds. The minimum atomic E-state index is -0.213. The van der Waals surface area contributed by atoms with E-state index in [1.807, 2.05) is 36.7 Å². The van der Waals surface area contributed by atoms with Gasteiger partial charge in [-0.25, -0.2) is 0 Å². The lowest BCUT2D eigenvalue weighted by atomic mass is 9.78. The Labute approximate surface area is 218 Å². The Morgan fingerprint density at radius 2 is 1.08 bits per heavy atom. The number of nitrogens with zero attached hydrogens (tertiary/aromatic N) is 2. The fourth-order valence-corrected chi connectivity index (χ4v) is 4.72. The Kier molecular flexibility index (Phi) is 7.42. The summed E-state index contributed by atoms with van der Waals surface area (Å²) in [5, 5.41) is 6.14. The van der Waals surface area contributed by atoms with E-state index in [1.54, 1.807) is 0 Å². The summed E-state index contributed by atoms with van der Waals surface area (Å²) in [4.78, 5) is 31.2. The van der Waals surface area contributed by atoms with Crippen molar-refractivity contribution < 1.29 is 9.59 Å². The number of rotatable bonds is 4. The van der Waals surface area contributed by atoms with Crippen LogP contribution >= 0.6 is 0 Å². The van der Waals surface area contributed by atoms with Gasteiger partial charge in [0.25, 0.3) is 11.8 Å². The van der Waals surface area contributed by atoms with Gasteiger partial charge < -0.3 is 20.4 Å². The van der Waals surface area contributed by atoms with Gasteiger partial charge in [0.05, 0.1) is 0 Å². The van der Waals surface area contributed by atoms with Gasteiger partial charge in [-0.05, 0) is 83.4 Å². The number of hydrogen-bond acceptors (Lipinski definition) is 4. The molecule has 2 aliphatic rings. The molecular formula is C30H46N4O2. The smallest absolute Gasteiger partial charge is 0.253 e. The first-order valence-electron chi connectivity index (χ1n) is 13.1. The molecule has 3 rings (SSSR count). The van der Waals surface area contributed by atoms with Crippen molar-refractivity contribution in [3.8, 4) is 0 Å². The maximum absolute atomic E-state index is 13.3. The third kappa shape index (κ3) is 6.32. The Morgan fingerprint density at radius 3 is 1.42 bits per heavy atom. The van der Waals surface area contributed by atoms with Crippen LogP contribution in [0.1, 0.15) is 82.1 Å². The average molecular weight is 495 g/mol. The van der Waals surface area contributed by atoms with Gasteiger partial charge in [-0.1, -0.05) is 33.8 Å². The predicted molar refractivity (Wildman–Crippen MR) is 150 cm³/mol. The quantitative estimate of drug-likeness (QED) is 0.509. The average Bonchev–Trinajstić information content (AvgIpc) is 2.71. The fourth-order valence-electron chi connectivity index (χ4n) is 4.72. The SMILES string of the molecule is CC1(C)CCN(C(C)(C)C)C=C1C(=O)Nc1cccc(NC(=O)C2=CN(C(C)(C)C)CCC2(C)C)c1. The highest BCUT2D eigenvalue weighted by Gasteiger charge is 2.37. The van der Waals surface area contributed by atoms with Crippen LogP contribution in [0.2, 0.25) is 0 Å². The molecule has 1 aromatic rings. The van der Waals surface area contributed by atoms with E-state index in [0.29, 0.717) is 11.4 Å². The van der Waals surface area contributed by atoms with Gasteiger partial charge in [0, 0.05) is 59.1 Å². The van der Waals surface area contributed by atoms with Crippen LogP contribution in [-0.4, -0.2) is 45.8 Å². The fraction of sp³-hybridized carbons (Fsp3) is 0.600. The van der Waals surface area contributed by atoms with Crippen molar-refractivity contribution in [2.24, 2.45) is 10.8 Å². The van der Waals surface area contributed by atoms with Gasteiger partial charge in [-0.3, -0.25) is 9.59 Å². The largest absolute Gasteiger partial charge is 0.372 e. The first kappa shape index (κ1) is 27.8. The lowest BCUT2D eigenvalue weighted by Crippen LogP contribution is -2.45. The zero-order valence-electron chi connectivity index (χ0n) is 24.0. The van der Waals surface area contributed by atoms with Gasteiger partial charge >= 0.3 is 0 Å². The van der Waals surface area contributed by atoms with Crippen LogP contribution in [0.25, 0.3) is 0 Å². The number of benzene rings is 1. The summed E-state index contributed by atoms with van der Waals surface area (Å²) in [7, 11) is 0. The van der Waals surface area contributed by atoms with Crippen molar-refractivity contribution in [1.82, 2.24) is 9.80 Å². The van der Waals surface area contributed by atoms with E-state index in [4.69, 9.17) is 0 Å². The zero-order valence-corrected chi connectivity index (χ0v) is 24.0. The number of amides is 2. The molecule has 36 heavy (non-hydrogen) atoms. The summed E-state index contributed by atoms with van der Waals surface area (Å²) in [6, 6.07) is 7.40. The van der Waals surface area contributed by atoms with Crippen molar-refractivity contribution in [2.75, 3.05) is 23.7 Å². The first-order valence-corrected chi connectivity index (χ1v) is 13.1. The van der Waals surface area contributed by atoms with E-state index in [0.717, 1.165) is 37.1 Å². The van der Waals surface area contributed by atoms with E-state index in [-0.39, 0.29) is 33.7 Å². The highest BCUT2D eigenvalue weighted by atomic mass is 16.2. The van der Waals surface area contributed by atoms with Crippen LogP contribution in [-0.2, 0) is 9.59 Å². The minimum Gasteiger partial charge on any atom is -0.372 e. The summed E-state index contributed by atoms with van der Waals surface area (Å²) >= 11 is 0. The number of carbonyl (C=O) groups is 2. The molecule has 6 nitrogen and oxygen atoms in total. The van der Waals surface area contributed by atoms with E-state index in [1.165, 1.54) is 0 Å². The maximum Gasteiger partial charge on any atom is 0.253 e. The molecule has 2 N–H and O–H groups in total. The molecule has 2 aliphatic heterocycles. The number of carbonyl (C=O) groups excluding carboxylic acids is 2. The summed E-state index contributed by atoms with van der Waals surface area (Å²) in [6.45, 7) is 23.3. The normalized spacial score (nSPS) is 19.8. The topological polar surface area (TPSA) is 64.7 Å². The van der Waals surface area contributed by atoms with Crippen molar-refractivity contribution in [2.45, 2.75) is 93.2 Å². The molecule has 0 atom stereocenters. The van der Waals surface area contributed by atoms with E-state index in [2.05, 4.69) is 89.7 Å². The third-order valence-electron chi connectivity index (χ3n) is 7.57. The number of hydrogen-bond donors (Lipinski definition) is 2. The second kappa shape index (κ2) is 9.60. The third-order valence-corrected chi connectivity index (χ3v) is 7.57. The van der Waals surface area contributed by atoms with Crippen LogP contribution in [0.4, 0.5) is 11.4 Å². The van der Waals surface area contributed by atoms with Crippen LogP contribution in [0.15, 0.2) is 47.8 Å². The zero-order chi connectivity index (χ0) is 27.1. The second-order valence-electron chi connectivity index (χ2n) is 13.6. The summed E-state index contributed by atoms with van der Waals surface area (Å²) < 4.78 is 0. The Hall–Kier alpha value is -2.76. The molecule has 0 bridgehead atoms. The summed E-state index contributed by atoms with van der Waals surface area (Å²) in [5.74, 6) is -0.205. The monoisotopic (exact) mass is 494 g/mol. The Morgan fingerprint density at radius 1 is 0.722 bits per heavy atom. The molecule has 0 aromatic heterocycles. The van der Waals surface area contributed by atoms with Crippen molar-refractivity contribution in [3.63, 3.8) is 0 Å². The highest BCUT2D eigenvalue weighted by Crippen LogP contribution is 2.39. The van der Waals surface area contributed by atoms with Gasteiger partial charge in [-0.15, -0.1) is 0 Å². The van der Waals surface area contributed by atoms with Gasteiger partial charge in [0.2, 0.25) is 0 Å². The molecule has 0 saturated heterocycles. The first-order chi connectivity index (χ1) is 16.4. The molecule has 2 heterocycles. The van der Waals surface area contributed by atoms with Gasteiger partial charge in [0.15, 0.2) is 0 Å². The molecule has 6 heteroatoms. The van der Waals surface area contributed by atoms with Crippen molar-refractivity contribution in [3.05, 3.63) is 47.8 Å². The molecule has 0 saturated carbocycles. The molecule has 0 fully saturated rings. The molecular weight excluding hydrogens is 448 g/mol. The van der Waals surface area contributed by atoms with Crippen LogP contribution in [0.5, 0.6) is 0 Å². The minimum absolute atomic E-state index is 0.0453. The lowest BCUT2D eigenvalue weighted by Gasteiger charge is -2.43.